The number of aliphatic hydroxyl groups is 1. The molecule has 2 rings (SSSR count). The molecule has 0 atom stereocenters. The zero-order valence-corrected chi connectivity index (χ0v) is 14.0. The maximum absolute atomic E-state index is 9.58. The van der Waals surface area contributed by atoms with Crippen molar-refractivity contribution in [3.05, 3.63) is 29.3 Å². The van der Waals surface area contributed by atoms with Gasteiger partial charge in [-0.1, -0.05) is 25.5 Å². The highest BCUT2D eigenvalue weighted by Crippen LogP contribution is 2.22. The summed E-state index contributed by atoms with van der Waals surface area (Å²) in [4.78, 5) is 2.40. The van der Waals surface area contributed by atoms with Gasteiger partial charge in [-0.3, -0.25) is 4.90 Å². The van der Waals surface area contributed by atoms with Gasteiger partial charge in [0.15, 0.2) is 0 Å². The lowest BCUT2D eigenvalue weighted by Crippen LogP contribution is -2.35. The Bertz CT molecular complexity index is 443. The van der Waals surface area contributed by atoms with E-state index in [2.05, 4.69) is 35.3 Å². The first-order chi connectivity index (χ1) is 10.7. The van der Waals surface area contributed by atoms with Crippen molar-refractivity contribution in [1.29, 1.82) is 0 Å². The number of hydrogen-bond donors (Lipinski definition) is 2. The highest BCUT2D eigenvalue weighted by molar-refractivity contribution is 5.37. The van der Waals surface area contributed by atoms with Crippen molar-refractivity contribution in [3.63, 3.8) is 0 Å². The molecule has 1 fully saturated rings. The lowest BCUT2D eigenvalue weighted by Gasteiger charge is -2.29. The van der Waals surface area contributed by atoms with Crippen LogP contribution in [0, 0.1) is 0 Å². The van der Waals surface area contributed by atoms with E-state index in [0.29, 0.717) is 0 Å². The minimum absolute atomic E-state index is 0.109. The Morgan fingerprint density at radius 2 is 2.09 bits per heavy atom. The smallest absolute Gasteiger partial charge is 0.123 e. The fraction of sp³-hybridized carbons (Fsp3) is 0.667. The Hall–Kier alpha value is -1.10. The number of ether oxygens (including phenoxy) is 1. The summed E-state index contributed by atoms with van der Waals surface area (Å²) in [7, 11) is 1.74. The first-order valence-corrected chi connectivity index (χ1v) is 8.50. The fourth-order valence-corrected chi connectivity index (χ4v) is 2.89. The molecular formula is C18H30N2O2. The fourth-order valence-electron chi connectivity index (χ4n) is 2.89. The van der Waals surface area contributed by atoms with Gasteiger partial charge in [0.05, 0.1) is 13.2 Å². The van der Waals surface area contributed by atoms with Crippen molar-refractivity contribution in [3.8, 4) is 5.75 Å². The molecule has 124 valence electrons. The molecule has 1 aliphatic heterocycles. The predicted octanol–water partition coefficient (Wildman–Crippen LogP) is 2.54. The third-order valence-electron chi connectivity index (χ3n) is 4.34. The summed E-state index contributed by atoms with van der Waals surface area (Å²) in [5.74, 6) is 0.971. The molecule has 22 heavy (non-hydrogen) atoms. The lowest BCUT2D eigenvalue weighted by molar-refractivity contribution is 0.0792. The zero-order valence-electron chi connectivity index (χ0n) is 14.0. The van der Waals surface area contributed by atoms with Crippen molar-refractivity contribution in [1.82, 2.24) is 10.2 Å². The molecule has 2 N–H and O–H groups in total. The number of piperidine rings is 1. The van der Waals surface area contributed by atoms with Crippen molar-refractivity contribution < 1.29 is 9.84 Å². The maximum atomic E-state index is 9.58. The molecule has 0 spiro atoms. The van der Waals surface area contributed by atoms with Crippen LogP contribution >= 0.6 is 0 Å². The van der Waals surface area contributed by atoms with E-state index in [-0.39, 0.29) is 6.10 Å². The summed E-state index contributed by atoms with van der Waals surface area (Å²) >= 11 is 0. The lowest BCUT2D eigenvalue weighted by atomic mass is 10.1. The first kappa shape index (κ1) is 17.3. The summed E-state index contributed by atoms with van der Waals surface area (Å²) in [6.45, 7) is 7.01. The number of likely N-dealkylation sites (tertiary alicyclic amines) is 1. The molecule has 4 nitrogen and oxygen atoms in total. The Morgan fingerprint density at radius 1 is 1.32 bits per heavy atom. The van der Waals surface area contributed by atoms with E-state index in [1.165, 1.54) is 24.0 Å². The van der Waals surface area contributed by atoms with Crippen LogP contribution in [0.3, 0.4) is 0 Å². The largest absolute Gasteiger partial charge is 0.496 e. The van der Waals surface area contributed by atoms with E-state index >= 15 is 0 Å². The minimum Gasteiger partial charge on any atom is -0.496 e. The van der Waals surface area contributed by atoms with Crippen LogP contribution in [-0.4, -0.2) is 42.9 Å². The molecule has 0 radical (unpaired) electrons. The van der Waals surface area contributed by atoms with Gasteiger partial charge in [-0.2, -0.15) is 0 Å². The first-order valence-electron chi connectivity index (χ1n) is 8.50. The van der Waals surface area contributed by atoms with E-state index in [9.17, 15) is 5.11 Å². The Labute approximate surface area is 134 Å². The molecule has 0 aromatic heterocycles. The number of rotatable bonds is 8. The van der Waals surface area contributed by atoms with E-state index < -0.39 is 0 Å². The van der Waals surface area contributed by atoms with Gasteiger partial charge in [-0.15, -0.1) is 0 Å². The molecule has 0 aliphatic carbocycles. The quantitative estimate of drug-likeness (QED) is 0.725. The van der Waals surface area contributed by atoms with Crippen molar-refractivity contribution in [2.75, 3.05) is 26.7 Å². The van der Waals surface area contributed by atoms with E-state index in [0.717, 1.165) is 51.3 Å². The van der Waals surface area contributed by atoms with Gasteiger partial charge in [0.25, 0.3) is 0 Å². The third kappa shape index (κ3) is 5.27. The molecular weight excluding hydrogens is 276 g/mol. The SMILES string of the molecule is CCCCNCc1ccc(CN2CCC(O)CC2)cc1OC. The maximum Gasteiger partial charge on any atom is 0.123 e. The Balaban J connectivity index is 1.90. The van der Waals surface area contributed by atoms with Gasteiger partial charge >= 0.3 is 0 Å². The number of hydrogen-bond acceptors (Lipinski definition) is 4. The van der Waals surface area contributed by atoms with Crippen LogP contribution in [-0.2, 0) is 13.1 Å². The van der Waals surface area contributed by atoms with Crippen molar-refractivity contribution in [2.24, 2.45) is 0 Å². The minimum atomic E-state index is -0.109. The van der Waals surface area contributed by atoms with Crippen LogP contribution in [0.15, 0.2) is 18.2 Å². The molecule has 0 bridgehead atoms. The van der Waals surface area contributed by atoms with Crippen molar-refractivity contribution in [2.45, 2.75) is 51.8 Å². The molecule has 0 unspecified atom stereocenters. The normalized spacial score (nSPS) is 16.9. The number of methoxy groups -OCH3 is 1. The molecule has 1 saturated heterocycles. The average Bonchev–Trinajstić information content (AvgIpc) is 2.54. The zero-order chi connectivity index (χ0) is 15.8. The van der Waals surface area contributed by atoms with E-state index in [1.807, 2.05) is 0 Å². The number of nitrogens with one attached hydrogen (secondary N) is 1. The van der Waals surface area contributed by atoms with Crippen molar-refractivity contribution >= 4 is 0 Å². The predicted molar refractivity (Wildman–Crippen MR) is 90.1 cm³/mol. The molecule has 1 aliphatic rings. The van der Waals surface area contributed by atoms with Gasteiger partial charge in [0.1, 0.15) is 5.75 Å². The second-order valence-corrected chi connectivity index (χ2v) is 6.18. The van der Waals surface area contributed by atoms with Gasteiger partial charge in [-0.25, -0.2) is 0 Å². The molecule has 0 amide bonds. The molecule has 1 heterocycles. The standard InChI is InChI=1S/C18H30N2O2/c1-3-4-9-19-13-16-6-5-15(12-18(16)22-2)14-20-10-7-17(21)8-11-20/h5-6,12,17,19,21H,3-4,7-11,13-14H2,1-2H3. The summed E-state index contributed by atoms with van der Waals surface area (Å²) < 4.78 is 5.55. The third-order valence-corrected chi connectivity index (χ3v) is 4.34. The van der Waals surface area contributed by atoms with Crippen LogP contribution in [0.25, 0.3) is 0 Å². The summed E-state index contributed by atoms with van der Waals surface area (Å²) in [5, 5.41) is 13.0. The van der Waals surface area contributed by atoms with Crippen LogP contribution in [0.1, 0.15) is 43.7 Å². The van der Waals surface area contributed by atoms with Crippen LogP contribution in [0.5, 0.6) is 5.75 Å². The highest BCUT2D eigenvalue weighted by atomic mass is 16.5. The Kier molecular flexibility index (Phi) is 7.16. The number of benzene rings is 1. The topological polar surface area (TPSA) is 44.7 Å². The number of nitrogens with zero attached hydrogens (tertiary/aromatic N) is 1. The number of unbranched alkanes of at least 4 members (excludes halogenated alkanes) is 1. The second-order valence-electron chi connectivity index (χ2n) is 6.18. The van der Waals surface area contributed by atoms with Gasteiger partial charge in [0, 0.05) is 31.7 Å². The van der Waals surface area contributed by atoms with Gasteiger partial charge in [-0.05, 0) is 37.4 Å². The second kappa shape index (κ2) is 9.13. The summed E-state index contributed by atoms with van der Waals surface area (Å²) in [6.07, 6.45) is 4.09. The van der Waals surface area contributed by atoms with Crippen LogP contribution < -0.4 is 10.1 Å². The molecule has 1 aromatic rings. The summed E-state index contributed by atoms with van der Waals surface area (Å²) in [6, 6.07) is 6.53. The average molecular weight is 306 g/mol. The molecule has 1 aromatic carbocycles. The molecule has 0 saturated carbocycles. The van der Waals surface area contributed by atoms with Gasteiger partial charge < -0.3 is 15.2 Å². The Morgan fingerprint density at radius 3 is 2.77 bits per heavy atom. The van der Waals surface area contributed by atoms with Crippen LogP contribution in [0.4, 0.5) is 0 Å². The van der Waals surface area contributed by atoms with E-state index in [1.54, 1.807) is 7.11 Å². The summed E-state index contributed by atoms with van der Waals surface area (Å²) in [5.41, 5.74) is 2.50. The molecule has 4 heteroatoms. The highest BCUT2D eigenvalue weighted by Gasteiger charge is 2.17. The van der Waals surface area contributed by atoms with E-state index in [4.69, 9.17) is 4.74 Å². The van der Waals surface area contributed by atoms with Gasteiger partial charge in [0.2, 0.25) is 0 Å². The van der Waals surface area contributed by atoms with Crippen LogP contribution in [0.2, 0.25) is 0 Å². The monoisotopic (exact) mass is 306 g/mol. The number of aliphatic hydroxyl groups excluding tert-OH is 1.